The quantitative estimate of drug-likeness (QED) is 0.251. The predicted octanol–water partition coefficient (Wildman–Crippen LogP) is 4.11. The number of non-ortho nitro benzene ring substituents is 2. The molecule has 0 amide bonds. The van der Waals surface area contributed by atoms with E-state index in [0.29, 0.717) is 0 Å². The summed E-state index contributed by atoms with van der Waals surface area (Å²) in [6.45, 7) is 1.75. The van der Waals surface area contributed by atoms with E-state index in [0.717, 1.165) is 35.9 Å². The molecule has 3 aromatic carbocycles. The first kappa shape index (κ1) is 24.4. The van der Waals surface area contributed by atoms with Crippen LogP contribution >= 0.6 is 0 Å². The lowest BCUT2D eigenvalue weighted by Crippen LogP contribution is -2.33. The molecule has 3 aromatic rings. The number of nitro benzene ring substituents is 2. The van der Waals surface area contributed by atoms with E-state index in [1.807, 2.05) is 0 Å². The summed E-state index contributed by atoms with van der Waals surface area (Å²) in [4.78, 5) is 46.6. The van der Waals surface area contributed by atoms with E-state index in [4.69, 9.17) is 0 Å². The van der Waals surface area contributed by atoms with Crippen molar-refractivity contribution in [1.29, 1.82) is 0 Å². The Labute approximate surface area is 194 Å². The Kier molecular flexibility index (Phi) is 6.97. The number of ketones is 2. The molecule has 0 aliphatic carbocycles. The Morgan fingerprint density at radius 1 is 0.824 bits per heavy atom. The highest BCUT2D eigenvalue weighted by Gasteiger charge is 2.37. The van der Waals surface area contributed by atoms with Crippen molar-refractivity contribution in [3.05, 3.63) is 110 Å². The zero-order valence-electron chi connectivity index (χ0n) is 17.8. The molecule has 0 fully saturated rings. The van der Waals surface area contributed by atoms with Crippen LogP contribution in [0.2, 0.25) is 0 Å². The van der Waals surface area contributed by atoms with Gasteiger partial charge in [-0.15, -0.1) is 0 Å². The lowest BCUT2D eigenvalue weighted by Gasteiger charge is -2.17. The van der Waals surface area contributed by atoms with E-state index in [1.54, 1.807) is 19.1 Å². The summed E-state index contributed by atoms with van der Waals surface area (Å²) in [7, 11) is -4.36. The molecular formula is C23H18N2O8S. The summed E-state index contributed by atoms with van der Waals surface area (Å²) >= 11 is 0. The molecule has 0 N–H and O–H groups in total. The van der Waals surface area contributed by atoms with Gasteiger partial charge in [-0.1, -0.05) is 29.8 Å². The highest BCUT2D eigenvalue weighted by atomic mass is 32.2. The second-order valence-corrected chi connectivity index (χ2v) is 9.58. The van der Waals surface area contributed by atoms with Crippen LogP contribution in [0.15, 0.2) is 77.7 Å². The fourth-order valence-corrected chi connectivity index (χ4v) is 4.88. The lowest BCUT2D eigenvalue weighted by molar-refractivity contribution is -0.385. The van der Waals surface area contributed by atoms with Gasteiger partial charge in [-0.05, 0) is 31.2 Å². The van der Waals surface area contributed by atoms with Gasteiger partial charge in [-0.25, -0.2) is 8.42 Å². The molecule has 0 spiro atoms. The maximum Gasteiger partial charge on any atom is 0.270 e. The Morgan fingerprint density at radius 2 is 1.41 bits per heavy atom. The van der Waals surface area contributed by atoms with Crippen LogP contribution in [0.5, 0.6) is 0 Å². The van der Waals surface area contributed by atoms with Crippen LogP contribution in [0.4, 0.5) is 11.4 Å². The first-order valence-corrected chi connectivity index (χ1v) is 11.4. The maximum absolute atomic E-state index is 13.4. The first-order valence-electron chi connectivity index (χ1n) is 9.87. The number of aryl methyl sites for hydroxylation is 1. The van der Waals surface area contributed by atoms with Crippen molar-refractivity contribution in [2.24, 2.45) is 0 Å². The molecule has 0 bridgehead atoms. The Morgan fingerprint density at radius 3 is 1.97 bits per heavy atom. The average molecular weight is 482 g/mol. The number of nitrogens with zero attached hydrogens (tertiary/aromatic N) is 2. The van der Waals surface area contributed by atoms with Gasteiger partial charge in [-0.2, -0.15) is 0 Å². The van der Waals surface area contributed by atoms with E-state index < -0.39 is 42.9 Å². The highest BCUT2D eigenvalue weighted by Crippen LogP contribution is 2.26. The number of sulfone groups is 1. The number of carbonyl (C=O) groups is 2. The number of benzene rings is 3. The summed E-state index contributed by atoms with van der Waals surface area (Å²) in [5.74, 6) is -1.70. The van der Waals surface area contributed by atoms with Crippen LogP contribution < -0.4 is 0 Å². The maximum atomic E-state index is 13.4. The fourth-order valence-electron chi connectivity index (χ4n) is 3.25. The molecule has 34 heavy (non-hydrogen) atoms. The van der Waals surface area contributed by atoms with E-state index in [2.05, 4.69) is 0 Å². The molecule has 0 aliphatic rings. The number of Topliss-reactive ketones (excluding diaryl/α,β-unsaturated/α-hetero) is 2. The topological polar surface area (TPSA) is 155 Å². The number of hydrogen-bond acceptors (Lipinski definition) is 8. The molecule has 0 saturated carbocycles. The Hall–Kier alpha value is -4.25. The lowest BCUT2D eigenvalue weighted by atomic mass is 10.0. The van der Waals surface area contributed by atoms with Crippen LogP contribution in [0.25, 0.3) is 0 Å². The molecule has 0 aromatic heterocycles. The summed E-state index contributed by atoms with van der Waals surface area (Å²) in [6.07, 6.45) is -0.771. The summed E-state index contributed by atoms with van der Waals surface area (Å²) in [5, 5.41) is 20.1. The standard InChI is InChI=1S/C23H18N2O8S/c1-15-5-11-20(12-6-15)34(32,33)22(23(27)16-7-9-18(10-8-16)24(28)29)14-21(26)17-3-2-4-19(13-17)25(30)31/h2-13,22H,14H2,1H3/t22-/m0/s1. The third-order valence-electron chi connectivity index (χ3n) is 5.13. The summed E-state index contributed by atoms with van der Waals surface area (Å²) in [6, 6.07) is 14.9. The Balaban J connectivity index is 2.04. The van der Waals surface area contributed by atoms with Gasteiger partial charge in [0.1, 0.15) is 5.25 Å². The largest absolute Gasteiger partial charge is 0.294 e. The van der Waals surface area contributed by atoms with Crippen molar-refractivity contribution < 1.29 is 27.9 Å². The molecule has 1 atom stereocenters. The van der Waals surface area contributed by atoms with E-state index in [9.17, 15) is 38.2 Å². The molecule has 0 radical (unpaired) electrons. The zero-order valence-corrected chi connectivity index (χ0v) is 18.6. The monoisotopic (exact) mass is 482 g/mol. The summed E-state index contributed by atoms with van der Waals surface area (Å²) < 4.78 is 26.8. The van der Waals surface area contributed by atoms with Crippen molar-refractivity contribution >= 4 is 32.8 Å². The predicted molar refractivity (Wildman–Crippen MR) is 122 cm³/mol. The van der Waals surface area contributed by atoms with Crippen molar-refractivity contribution in [2.45, 2.75) is 23.5 Å². The minimum atomic E-state index is -4.36. The van der Waals surface area contributed by atoms with Crippen molar-refractivity contribution in [1.82, 2.24) is 0 Å². The normalized spacial score (nSPS) is 12.0. The zero-order chi connectivity index (χ0) is 25.0. The van der Waals surface area contributed by atoms with E-state index in [1.165, 1.54) is 30.3 Å². The molecule has 0 aliphatic heterocycles. The molecule has 174 valence electrons. The Bertz CT molecular complexity index is 1380. The third kappa shape index (κ3) is 5.21. The highest BCUT2D eigenvalue weighted by molar-refractivity contribution is 7.92. The minimum Gasteiger partial charge on any atom is -0.294 e. The van der Waals surface area contributed by atoms with Gasteiger partial charge in [0.25, 0.3) is 11.4 Å². The molecule has 3 rings (SSSR count). The molecule has 0 saturated heterocycles. The minimum absolute atomic E-state index is 0.116. The van der Waals surface area contributed by atoms with E-state index >= 15 is 0 Å². The first-order chi connectivity index (χ1) is 16.0. The summed E-state index contributed by atoms with van der Waals surface area (Å²) in [5.41, 5.74) is -0.106. The van der Waals surface area contributed by atoms with Gasteiger partial charge in [0.15, 0.2) is 21.4 Å². The number of hydrogen-bond donors (Lipinski definition) is 0. The van der Waals surface area contributed by atoms with Gasteiger partial charge in [-0.3, -0.25) is 29.8 Å². The smallest absolute Gasteiger partial charge is 0.270 e. The third-order valence-corrected chi connectivity index (χ3v) is 7.19. The fraction of sp³-hybridized carbons (Fsp3) is 0.130. The van der Waals surface area contributed by atoms with Crippen LogP contribution in [-0.4, -0.2) is 35.1 Å². The average Bonchev–Trinajstić information content (AvgIpc) is 2.82. The van der Waals surface area contributed by atoms with Gasteiger partial charge in [0.05, 0.1) is 14.7 Å². The van der Waals surface area contributed by atoms with Gasteiger partial charge >= 0.3 is 0 Å². The second kappa shape index (κ2) is 9.71. The van der Waals surface area contributed by atoms with Crippen molar-refractivity contribution in [3.8, 4) is 0 Å². The molecule has 0 unspecified atom stereocenters. The van der Waals surface area contributed by atoms with Crippen LogP contribution in [0.3, 0.4) is 0 Å². The number of nitro groups is 2. The van der Waals surface area contributed by atoms with Crippen LogP contribution in [-0.2, 0) is 9.84 Å². The van der Waals surface area contributed by atoms with Gasteiger partial charge in [0.2, 0.25) is 0 Å². The SMILES string of the molecule is Cc1ccc(S(=O)(=O)[C@@H](CC(=O)c2cccc([N+](=O)[O-])c2)C(=O)c2ccc([N+](=O)[O-])cc2)cc1. The molecule has 11 heteroatoms. The number of rotatable bonds is 9. The van der Waals surface area contributed by atoms with Crippen molar-refractivity contribution in [2.75, 3.05) is 0 Å². The second-order valence-electron chi connectivity index (χ2n) is 7.45. The molecule has 0 heterocycles. The van der Waals surface area contributed by atoms with Crippen LogP contribution in [0.1, 0.15) is 32.7 Å². The van der Waals surface area contributed by atoms with Gasteiger partial charge < -0.3 is 0 Å². The van der Waals surface area contributed by atoms with Crippen molar-refractivity contribution in [3.63, 3.8) is 0 Å². The molecule has 10 nitrogen and oxygen atoms in total. The van der Waals surface area contributed by atoms with Crippen LogP contribution in [0, 0.1) is 27.2 Å². The molecular weight excluding hydrogens is 464 g/mol. The van der Waals surface area contributed by atoms with Gasteiger partial charge in [0, 0.05) is 41.8 Å². The number of carbonyl (C=O) groups excluding carboxylic acids is 2. The van der Waals surface area contributed by atoms with E-state index in [-0.39, 0.29) is 27.4 Å².